The van der Waals surface area contributed by atoms with Crippen LogP contribution in [0.4, 0.5) is 5.69 Å². The van der Waals surface area contributed by atoms with Crippen LogP contribution in [0, 0.1) is 20.8 Å². The van der Waals surface area contributed by atoms with E-state index in [2.05, 4.69) is 22.4 Å². The normalized spacial score (nSPS) is 11.1. The van der Waals surface area contributed by atoms with Crippen molar-refractivity contribution in [2.24, 2.45) is 0 Å². The Kier molecular flexibility index (Phi) is 5.42. The number of amides is 1. The van der Waals surface area contributed by atoms with Crippen molar-refractivity contribution in [3.8, 4) is 5.69 Å². The first-order valence-electron chi connectivity index (χ1n) is 10.3. The van der Waals surface area contributed by atoms with Crippen molar-refractivity contribution in [3.05, 3.63) is 81.4 Å². The summed E-state index contributed by atoms with van der Waals surface area (Å²) in [5.74, 6) is -0.310. The highest BCUT2D eigenvalue weighted by molar-refractivity contribution is 5.90. The zero-order chi connectivity index (χ0) is 22.1. The van der Waals surface area contributed by atoms with Crippen molar-refractivity contribution in [1.82, 2.24) is 19.6 Å². The number of aryl methyl sites for hydroxylation is 4. The van der Waals surface area contributed by atoms with E-state index in [1.54, 1.807) is 10.9 Å². The Bertz CT molecular complexity index is 1330. The summed E-state index contributed by atoms with van der Waals surface area (Å²) in [5.41, 5.74) is 5.57. The third-order valence-corrected chi connectivity index (χ3v) is 5.39. The summed E-state index contributed by atoms with van der Waals surface area (Å²) in [6.07, 6.45) is 2.58. The Morgan fingerprint density at radius 2 is 1.81 bits per heavy atom. The predicted molar refractivity (Wildman–Crippen MR) is 122 cm³/mol. The van der Waals surface area contributed by atoms with E-state index >= 15 is 0 Å². The zero-order valence-corrected chi connectivity index (χ0v) is 18.1. The largest absolute Gasteiger partial charge is 0.324 e. The van der Waals surface area contributed by atoms with Gasteiger partial charge in [-0.2, -0.15) is 10.2 Å². The van der Waals surface area contributed by atoms with Gasteiger partial charge in [0, 0.05) is 11.1 Å². The number of fused-ring (bicyclic) bond motifs is 1. The molecular formula is C24H25N5O2. The molecule has 0 saturated heterocycles. The summed E-state index contributed by atoms with van der Waals surface area (Å²) in [5, 5.41) is 12.3. The van der Waals surface area contributed by atoms with E-state index in [1.165, 1.54) is 10.2 Å². The van der Waals surface area contributed by atoms with Gasteiger partial charge in [0.05, 0.1) is 17.6 Å². The minimum Gasteiger partial charge on any atom is -0.324 e. The molecular weight excluding hydrogens is 390 g/mol. The number of aromatic nitrogens is 4. The van der Waals surface area contributed by atoms with Gasteiger partial charge in [-0.1, -0.05) is 36.8 Å². The van der Waals surface area contributed by atoms with Gasteiger partial charge >= 0.3 is 0 Å². The van der Waals surface area contributed by atoms with Crippen LogP contribution in [0.3, 0.4) is 0 Å². The Hall–Kier alpha value is -3.74. The smallest absolute Gasteiger partial charge is 0.293 e. The Labute approximate surface area is 180 Å². The fraction of sp³-hybridized carbons (Fsp3) is 0.250. The van der Waals surface area contributed by atoms with Crippen molar-refractivity contribution in [1.29, 1.82) is 0 Å². The van der Waals surface area contributed by atoms with E-state index in [0.29, 0.717) is 22.3 Å². The molecule has 0 aliphatic heterocycles. The fourth-order valence-corrected chi connectivity index (χ4v) is 3.71. The fourth-order valence-electron chi connectivity index (χ4n) is 3.71. The van der Waals surface area contributed by atoms with Crippen molar-refractivity contribution in [3.63, 3.8) is 0 Å². The molecule has 7 heteroatoms. The van der Waals surface area contributed by atoms with Crippen LogP contribution in [0.1, 0.15) is 29.3 Å². The summed E-state index contributed by atoms with van der Waals surface area (Å²) < 4.78 is 2.84. The molecule has 0 fully saturated rings. The van der Waals surface area contributed by atoms with Gasteiger partial charge in [-0.25, -0.2) is 9.36 Å². The summed E-state index contributed by atoms with van der Waals surface area (Å²) in [4.78, 5) is 25.8. The van der Waals surface area contributed by atoms with E-state index < -0.39 is 0 Å². The Balaban J connectivity index is 1.69. The molecule has 2 aromatic heterocycles. The number of hydrogen-bond donors (Lipinski definition) is 1. The quantitative estimate of drug-likeness (QED) is 0.539. The second-order valence-corrected chi connectivity index (χ2v) is 7.76. The van der Waals surface area contributed by atoms with E-state index in [-0.39, 0.29) is 18.0 Å². The number of anilines is 1. The summed E-state index contributed by atoms with van der Waals surface area (Å²) in [7, 11) is 0. The number of nitrogens with one attached hydrogen (secondary N) is 1. The van der Waals surface area contributed by atoms with Gasteiger partial charge in [0.2, 0.25) is 5.91 Å². The van der Waals surface area contributed by atoms with Crippen LogP contribution in [0.2, 0.25) is 0 Å². The summed E-state index contributed by atoms with van der Waals surface area (Å²) in [6.45, 7) is 7.72. The number of nitrogens with zero attached hydrogens (tertiary/aromatic N) is 4. The molecule has 0 atom stereocenters. The van der Waals surface area contributed by atoms with Crippen LogP contribution < -0.4 is 10.9 Å². The molecule has 158 valence electrons. The van der Waals surface area contributed by atoms with Gasteiger partial charge in [-0.15, -0.1) is 0 Å². The third kappa shape index (κ3) is 3.99. The lowest BCUT2D eigenvalue weighted by Crippen LogP contribution is -2.31. The monoisotopic (exact) mass is 415 g/mol. The first-order chi connectivity index (χ1) is 14.9. The number of carbonyl (C=O) groups excluding carboxylic acids is 1. The molecule has 2 aromatic carbocycles. The Morgan fingerprint density at radius 3 is 2.48 bits per heavy atom. The Morgan fingerprint density at radius 1 is 1.06 bits per heavy atom. The first-order valence-corrected chi connectivity index (χ1v) is 10.3. The van der Waals surface area contributed by atoms with E-state index in [9.17, 15) is 9.59 Å². The number of hydrogen-bond acceptors (Lipinski definition) is 4. The second-order valence-electron chi connectivity index (χ2n) is 7.76. The number of carbonyl (C=O) groups is 1. The topological polar surface area (TPSA) is 81.8 Å². The van der Waals surface area contributed by atoms with Crippen molar-refractivity contribution >= 4 is 22.5 Å². The minimum absolute atomic E-state index is 0.177. The average Bonchev–Trinajstić information content (AvgIpc) is 3.18. The first kappa shape index (κ1) is 20.5. The molecule has 2 heterocycles. The SMILES string of the molecule is CCc1ccc(NC(=O)Cn2nc(C)c3cnn(-c4ccc(C)cc4C)c3c2=O)cc1. The van der Waals surface area contributed by atoms with Crippen LogP contribution in [0.5, 0.6) is 0 Å². The molecule has 4 rings (SSSR count). The van der Waals surface area contributed by atoms with Crippen molar-refractivity contribution in [2.45, 2.75) is 40.7 Å². The maximum Gasteiger partial charge on any atom is 0.293 e. The van der Waals surface area contributed by atoms with Crippen LogP contribution in [-0.2, 0) is 17.8 Å². The molecule has 1 N–H and O–H groups in total. The molecule has 0 radical (unpaired) electrons. The summed E-state index contributed by atoms with van der Waals surface area (Å²) in [6, 6.07) is 13.6. The highest BCUT2D eigenvalue weighted by Crippen LogP contribution is 2.20. The maximum absolute atomic E-state index is 13.2. The molecule has 0 aliphatic carbocycles. The van der Waals surface area contributed by atoms with Gasteiger partial charge in [0.25, 0.3) is 5.56 Å². The molecule has 0 saturated carbocycles. The van der Waals surface area contributed by atoms with Gasteiger partial charge in [0.1, 0.15) is 12.1 Å². The van der Waals surface area contributed by atoms with Gasteiger partial charge in [0.15, 0.2) is 0 Å². The third-order valence-electron chi connectivity index (χ3n) is 5.39. The van der Waals surface area contributed by atoms with E-state index in [4.69, 9.17) is 0 Å². The summed E-state index contributed by atoms with van der Waals surface area (Å²) >= 11 is 0. The van der Waals surface area contributed by atoms with E-state index in [0.717, 1.165) is 23.2 Å². The van der Waals surface area contributed by atoms with E-state index in [1.807, 2.05) is 63.2 Å². The van der Waals surface area contributed by atoms with Gasteiger partial charge in [-0.3, -0.25) is 9.59 Å². The molecule has 1 amide bonds. The van der Waals surface area contributed by atoms with Crippen LogP contribution >= 0.6 is 0 Å². The lowest BCUT2D eigenvalue weighted by Gasteiger charge is -2.11. The standard InChI is InChI=1S/C24H25N5O2/c1-5-18-7-9-19(10-8-18)26-22(30)14-28-24(31)23-20(17(4)27-28)13-25-29(23)21-11-6-15(2)12-16(21)3/h6-13H,5,14H2,1-4H3,(H,26,30). The average molecular weight is 415 g/mol. The predicted octanol–water partition coefficient (Wildman–Crippen LogP) is 3.71. The maximum atomic E-state index is 13.2. The number of benzene rings is 2. The second kappa shape index (κ2) is 8.18. The van der Waals surface area contributed by atoms with Gasteiger partial charge in [-0.05, 0) is 56.5 Å². The lowest BCUT2D eigenvalue weighted by atomic mass is 10.1. The number of rotatable bonds is 5. The molecule has 0 unspecified atom stereocenters. The molecule has 31 heavy (non-hydrogen) atoms. The van der Waals surface area contributed by atoms with Gasteiger partial charge < -0.3 is 5.32 Å². The molecule has 0 bridgehead atoms. The zero-order valence-electron chi connectivity index (χ0n) is 18.1. The van der Waals surface area contributed by atoms with Crippen molar-refractivity contribution in [2.75, 3.05) is 5.32 Å². The van der Waals surface area contributed by atoms with Crippen LogP contribution in [0.15, 0.2) is 53.5 Å². The van der Waals surface area contributed by atoms with Crippen LogP contribution in [-0.4, -0.2) is 25.5 Å². The molecule has 4 aromatic rings. The van der Waals surface area contributed by atoms with Crippen molar-refractivity contribution < 1.29 is 4.79 Å². The molecule has 0 spiro atoms. The van der Waals surface area contributed by atoms with Crippen LogP contribution in [0.25, 0.3) is 16.6 Å². The highest BCUT2D eigenvalue weighted by Gasteiger charge is 2.17. The highest BCUT2D eigenvalue weighted by atomic mass is 16.2. The molecule has 7 nitrogen and oxygen atoms in total. The molecule has 0 aliphatic rings. The lowest BCUT2D eigenvalue weighted by molar-refractivity contribution is -0.117. The minimum atomic E-state index is -0.352.